The summed E-state index contributed by atoms with van der Waals surface area (Å²) in [7, 11) is 0. The fraction of sp³-hybridized carbons (Fsp3) is 0.138. The van der Waals surface area contributed by atoms with Crippen LogP contribution >= 0.6 is 23.1 Å². The van der Waals surface area contributed by atoms with Gasteiger partial charge in [-0.3, -0.25) is 9.59 Å². The summed E-state index contributed by atoms with van der Waals surface area (Å²) in [6, 6.07) is 26.5. The summed E-state index contributed by atoms with van der Waals surface area (Å²) in [5.41, 5.74) is 2.88. The smallest absolute Gasteiger partial charge is 0.256 e. The fourth-order valence-electron chi connectivity index (χ4n) is 3.90. The Morgan fingerprint density at radius 2 is 1.70 bits per heavy atom. The molecule has 2 amide bonds. The third kappa shape index (κ3) is 5.76. The highest BCUT2D eigenvalue weighted by molar-refractivity contribution is 8.02. The summed E-state index contributed by atoms with van der Waals surface area (Å²) in [6.07, 6.45) is 0. The van der Waals surface area contributed by atoms with E-state index in [0.717, 1.165) is 36.8 Å². The number of benzene rings is 4. The molecule has 8 heteroatoms. The SMILES string of the molecule is CCOc1ccc(NC(=O)C(C)Sc2nc3ccc(NC(=O)c4cccc5ccccc45)cc3s2)cc1. The number of nitrogens with one attached hydrogen (secondary N) is 2. The Hall–Kier alpha value is -3.88. The van der Waals surface area contributed by atoms with Crippen molar-refractivity contribution in [3.8, 4) is 5.75 Å². The number of thioether (sulfide) groups is 1. The molecule has 0 radical (unpaired) electrons. The van der Waals surface area contributed by atoms with Gasteiger partial charge in [-0.15, -0.1) is 11.3 Å². The lowest BCUT2D eigenvalue weighted by atomic mass is 10.0. The summed E-state index contributed by atoms with van der Waals surface area (Å²) in [5, 5.41) is 7.55. The van der Waals surface area contributed by atoms with Gasteiger partial charge in [-0.25, -0.2) is 4.98 Å². The lowest BCUT2D eigenvalue weighted by Gasteiger charge is -2.11. The number of amides is 2. The Balaban J connectivity index is 1.25. The second kappa shape index (κ2) is 11.0. The van der Waals surface area contributed by atoms with Crippen LogP contribution in [0.5, 0.6) is 5.75 Å². The first-order valence-corrected chi connectivity index (χ1v) is 13.6. The van der Waals surface area contributed by atoms with Crippen LogP contribution in [0, 0.1) is 0 Å². The lowest BCUT2D eigenvalue weighted by molar-refractivity contribution is -0.115. The summed E-state index contributed by atoms with van der Waals surface area (Å²) >= 11 is 2.91. The molecular formula is C29H25N3O3S2. The molecule has 5 aromatic rings. The van der Waals surface area contributed by atoms with Gasteiger partial charge in [-0.05, 0) is 73.2 Å². The van der Waals surface area contributed by atoms with E-state index >= 15 is 0 Å². The van der Waals surface area contributed by atoms with E-state index in [4.69, 9.17) is 4.74 Å². The van der Waals surface area contributed by atoms with Crippen LogP contribution in [-0.2, 0) is 4.79 Å². The zero-order chi connectivity index (χ0) is 25.8. The van der Waals surface area contributed by atoms with Gasteiger partial charge in [0.05, 0.1) is 22.1 Å². The molecule has 0 bridgehead atoms. The van der Waals surface area contributed by atoms with Crippen LogP contribution in [0.1, 0.15) is 24.2 Å². The molecule has 0 saturated carbocycles. The van der Waals surface area contributed by atoms with Gasteiger partial charge < -0.3 is 15.4 Å². The largest absolute Gasteiger partial charge is 0.494 e. The summed E-state index contributed by atoms with van der Waals surface area (Å²) < 4.78 is 7.18. The number of nitrogens with zero attached hydrogens (tertiary/aromatic N) is 1. The Morgan fingerprint density at radius 1 is 0.946 bits per heavy atom. The van der Waals surface area contributed by atoms with Gasteiger partial charge in [0.2, 0.25) is 5.91 Å². The Morgan fingerprint density at radius 3 is 2.51 bits per heavy atom. The fourth-order valence-corrected chi connectivity index (χ4v) is 6.15. The molecule has 37 heavy (non-hydrogen) atoms. The molecule has 0 saturated heterocycles. The lowest BCUT2D eigenvalue weighted by Crippen LogP contribution is -2.22. The molecule has 0 spiro atoms. The van der Waals surface area contributed by atoms with Crippen LogP contribution in [0.4, 0.5) is 11.4 Å². The molecule has 4 aromatic carbocycles. The van der Waals surface area contributed by atoms with E-state index in [1.54, 1.807) is 0 Å². The predicted molar refractivity (Wildman–Crippen MR) is 153 cm³/mol. The number of hydrogen-bond donors (Lipinski definition) is 2. The minimum atomic E-state index is -0.335. The molecule has 1 unspecified atom stereocenters. The monoisotopic (exact) mass is 527 g/mol. The van der Waals surface area contributed by atoms with E-state index in [0.29, 0.717) is 17.9 Å². The molecule has 0 fully saturated rings. The van der Waals surface area contributed by atoms with E-state index in [1.165, 1.54) is 23.1 Å². The molecule has 186 valence electrons. The number of carbonyl (C=O) groups is 2. The quantitative estimate of drug-likeness (QED) is 0.208. The van der Waals surface area contributed by atoms with Gasteiger partial charge >= 0.3 is 0 Å². The van der Waals surface area contributed by atoms with Crippen molar-refractivity contribution in [1.29, 1.82) is 0 Å². The molecule has 0 aliphatic heterocycles. The van der Waals surface area contributed by atoms with Gasteiger partial charge in [-0.2, -0.15) is 0 Å². The van der Waals surface area contributed by atoms with Crippen molar-refractivity contribution >= 4 is 67.3 Å². The van der Waals surface area contributed by atoms with Gasteiger partial charge in [0.15, 0.2) is 4.34 Å². The Bertz CT molecular complexity index is 1580. The number of thiazole rings is 1. The zero-order valence-electron chi connectivity index (χ0n) is 20.4. The summed E-state index contributed by atoms with van der Waals surface area (Å²) in [4.78, 5) is 30.4. The predicted octanol–water partition coefficient (Wildman–Crippen LogP) is 7.22. The van der Waals surface area contributed by atoms with Crippen molar-refractivity contribution in [3.63, 3.8) is 0 Å². The van der Waals surface area contributed by atoms with Crippen LogP contribution in [0.25, 0.3) is 21.0 Å². The number of rotatable bonds is 8. The third-order valence-electron chi connectivity index (χ3n) is 5.74. The highest BCUT2D eigenvalue weighted by atomic mass is 32.2. The highest BCUT2D eigenvalue weighted by Crippen LogP contribution is 2.34. The first-order chi connectivity index (χ1) is 18.0. The number of fused-ring (bicyclic) bond motifs is 2. The average Bonchev–Trinajstić information content (AvgIpc) is 3.31. The van der Waals surface area contributed by atoms with Crippen molar-refractivity contribution in [2.45, 2.75) is 23.4 Å². The standard InChI is InChI=1S/C29H25N3O3S2/c1-3-35-22-14-11-20(12-15-22)30-27(33)18(2)36-29-32-25-16-13-21(17-26(25)37-29)31-28(34)24-10-6-8-19-7-4-5-9-23(19)24/h4-18H,3H2,1-2H3,(H,30,33)(H,31,34). The molecule has 6 nitrogen and oxygen atoms in total. The molecule has 1 heterocycles. The summed E-state index contributed by atoms with van der Waals surface area (Å²) in [5.74, 6) is 0.511. The maximum absolute atomic E-state index is 13.0. The van der Waals surface area contributed by atoms with E-state index in [2.05, 4.69) is 15.6 Å². The number of anilines is 2. The zero-order valence-corrected chi connectivity index (χ0v) is 22.0. The average molecular weight is 528 g/mol. The minimum Gasteiger partial charge on any atom is -0.494 e. The van der Waals surface area contributed by atoms with Crippen molar-refractivity contribution < 1.29 is 14.3 Å². The number of ether oxygens (including phenoxy) is 1. The molecule has 1 atom stereocenters. The molecular weight excluding hydrogens is 502 g/mol. The molecule has 1 aromatic heterocycles. The van der Waals surface area contributed by atoms with Crippen LogP contribution in [0.15, 0.2) is 89.3 Å². The van der Waals surface area contributed by atoms with Crippen LogP contribution < -0.4 is 15.4 Å². The molecule has 0 aliphatic rings. The Kier molecular flexibility index (Phi) is 7.39. The van der Waals surface area contributed by atoms with Crippen LogP contribution in [0.3, 0.4) is 0 Å². The third-order valence-corrected chi connectivity index (χ3v) is 7.95. The normalized spacial score (nSPS) is 11.8. The second-order valence-electron chi connectivity index (χ2n) is 8.35. The number of hydrogen-bond acceptors (Lipinski definition) is 6. The van der Waals surface area contributed by atoms with Gasteiger partial charge in [0, 0.05) is 16.9 Å². The van der Waals surface area contributed by atoms with Crippen molar-refractivity contribution in [2.24, 2.45) is 0 Å². The minimum absolute atomic E-state index is 0.101. The topological polar surface area (TPSA) is 80.3 Å². The van der Waals surface area contributed by atoms with E-state index in [-0.39, 0.29) is 17.1 Å². The first-order valence-electron chi connectivity index (χ1n) is 11.9. The van der Waals surface area contributed by atoms with Gasteiger partial charge in [0.25, 0.3) is 5.91 Å². The number of carbonyl (C=O) groups excluding carboxylic acids is 2. The molecule has 5 rings (SSSR count). The number of aromatic nitrogens is 1. The van der Waals surface area contributed by atoms with Crippen molar-refractivity contribution in [2.75, 3.05) is 17.2 Å². The van der Waals surface area contributed by atoms with Crippen molar-refractivity contribution in [1.82, 2.24) is 4.98 Å². The highest BCUT2D eigenvalue weighted by Gasteiger charge is 2.18. The van der Waals surface area contributed by atoms with E-state index in [9.17, 15) is 9.59 Å². The van der Waals surface area contributed by atoms with Gasteiger partial charge in [0.1, 0.15) is 5.75 Å². The molecule has 2 N–H and O–H groups in total. The van der Waals surface area contributed by atoms with Crippen molar-refractivity contribution in [3.05, 3.63) is 90.5 Å². The van der Waals surface area contributed by atoms with Crippen LogP contribution in [0.2, 0.25) is 0 Å². The maximum atomic E-state index is 13.0. The maximum Gasteiger partial charge on any atom is 0.256 e. The Labute approximate surface area is 223 Å². The van der Waals surface area contributed by atoms with Gasteiger partial charge in [-0.1, -0.05) is 48.2 Å². The van der Waals surface area contributed by atoms with E-state index in [1.807, 2.05) is 98.8 Å². The second-order valence-corrected chi connectivity index (χ2v) is 11.0. The summed E-state index contributed by atoms with van der Waals surface area (Å²) in [6.45, 7) is 4.38. The van der Waals surface area contributed by atoms with E-state index < -0.39 is 0 Å². The van der Waals surface area contributed by atoms with Crippen LogP contribution in [-0.4, -0.2) is 28.7 Å². The molecule has 0 aliphatic carbocycles. The first kappa shape index (κ1) is 24.8.